The minimum atomic E-state index is -0.563. The van der Waals surface area contributed by atoms with E-state index in [1.54, 1.807) is 13.8 Å². The topological polar surface area (TPSA) is 84.2 Å². The van der Waals surface area contributed by atoms with Crippen LogP contribution in [0.2, 0.25) is 0 Å². The lowest BCUT2D eigenvalue weighted by Crippen LogP contribution is -2.46. The molecule has 0 rings (SSSR count). The fourth-order valence-corrected chi connectivity index (χ4v) is 0.534. The molecular formula is C6H13N3O2. The molecule has 0 fully saturated rings. The number of carbonyl (C=O) groups is 2. The van der Waals surface area contributed by atoms with Gasteiger partial charge in [-0.2, -0.15) is 0 Å². The summed E-state index contributed by atoms with van der Waals surface area (Å²) in [6.45, 7) is 3.28. The molecule has 0 aliphatic carbocycles. The van der Waals surface area contributed by atoms with E-state index in [9.17, 15) is 9.59 Å². The van der Waals surface area contributed by atoms with Crippen LogP contribution in [-0.2, 0) is 9.59 Å². The SMILES string of the molecule is CCC(=O)NC(C)C(=O)NN. The van der Waals surface area contributed by atoms with Crippen LogP contribution in [0.15, 0.2) is 0 Å². The third kappa shape index (κ3) is 3.57. The van der Waals surface area contributed by atoms with Crippen molar-refractivity contribution in [1.29, 1.82) is 0 Å². The van der Waals surface area contributed by atoms with Crippen LogP contribution in [-0.4, -0.2) is 17.9 Å². The lowest BCUT2D eigenvalue weighted by molar-refractivity contribution is -0.128. The molecule has 5 nitrogen and oxygen atoms in total. The Labute approximate surface area is 65.3 Å². The van der Waals surface area contributed by atoms with E-state index >= 15 is 0 Å². The summed E-state index contributed by atoms with van der Waals surface area (Å²) in [5.41, 5.74) is 1.94. The van der Waals surface area contributed by atoms with Gasteiger partial charge in [-0.15, -0.1) is 0 Å². The highest BCUT2D eigenvalue weighted by Gasteiger charge is 2.12. The molecule has 0 aromatic carbocycles. The third-order valence-corrected chi connectivity index (χ3v) is 1.23. The molecule has 0 aromatic heterocycles. The molecule has 0 saturated heterocycles. The van der Waals surface area contributed by atoms with Gasteiger partial charge in [0, 0.05) is 6.42 Å². The van der Waals surface area contributed by atoms with Crippen molar-refractivity contribution in [1.82, 2.24) is 10.7 Å². The molecule has 4 N–H and O–H groups in total. The maximum atomic E-state index is 10.7. The van der Waals surface area contributed by atoms with E-state index in [1.165, 1.54) is 0 Å². The first kappa shape index (κ1) is 9.90. The fraction of sp³-hybridized carbons (Fsp3) is 0.667. The lowest BCUT2D eigenvalue weighted by Gasteiger charge is -2.10. The summed E-state index contributed by atoms with van der Waals surface area (Å²) in [7, 11) is 0. The maximum absolute atomic E-state index is 10.7. The van der Waals surface area contributed by atoms with Crippen LogP contribution < -0.4 is 16.6 Å². The zero-order valence-electron chi connectivity index (χ0n) is 6.68. The van der Waals surface area contributed by atoms with Gasteiger partial charge in [0.2, 0.25) is 5.91 Å². The smallest absolute Gasteiger partial charge is 0.256 e. The number of nitrogens with one attached hydrogen (secondary N) is 2. The van der Waals surface area contributed by atoms with Crippen LogP contribution >= 0.6 is 0 Å². The Morgan fingerprint density at radius 1 is 1.55 bits per heavy atom. The van der Waals surface area contributed by atoms with Gasteiger partial charge in [0.1, 0.15) is 6.04 Å². The van der Waals surface area contributed by atoms with Gasteiger partial charge >= 0.3 is 0 Å². The van der Waals surface area contributed by atoms with Crippen LogP contribution in [0.25, 0.3) is 0 Å². The Bertz CT molecular complexity index is 158. The lowest BCUT2D eigenvalue weighted by atomic mass is 10.3. The summed E-state index contributed by atoms with van der Waals surface area (Å²) in [4.78, 5) is 21.4. The van der Waals surface area contributed by atoms with Crippen molar-refractivity contribution in [2.24, 2.45) is 5.84 Å². The maximum Gasteiger partial charge on any atom is 0.256 e. The monoisotopic (exact) mass is 159 g/mol. The molecule has 0 radical (unpaired) electrons. The van der Waals surface area contributed by atoms with Crippen molar-refractivity contribution in [3.63, 3.8) is 0 Å². The molecule has 0 aromatic rings. The van der Waals surface area contributed by atoms with E-state index in [-0.39, 0.29) is 5.91 Å². The van der Waals surface area contributed by atoms with Gasteiger partial charge in [0.25, 0.3) is 5.91 Å². The molecule has 0 bridgehead atoms. The average Bonchev–Trinajstić information content (AvgIpc) is 2.02. The van der Waals surface area contributed by atoms with Gasteiger partial charge in [-0.25, -0.2) is 5.84 Å². The molecule has 1 unspecified atom stereocenters. The van der Waals surface area contributed by atoms with E-state index in [4.69, 9.17) is 5.84 Å². The van der Waals surface area contributed by atoms with Gasteiger partial charge in [0.15, 0.2) is 0 Å². The summed E-state index contributed by atoms with van der Waals surface area (Å²) in [5.74, 6) is 4.28. The minimum Gasteiger partial charge on any atom is -0.345 e. The van der Waals surface area contributed by atoms with Crippen molar-refractivity contribution in [2.45, 2.75) is 26.3 Å². The van der Waals surface area contributed by atoms with Gasteiger partial charge in [-0.3, -0.25) is 15.0 Å². The van der Waals surface area contributed by atoms with E-state index in [1.807, 2.05) is 5.43 Å². The second-order valence-corrected chi connectivity index (χ2v) is 2.15. The standard InChI is InChI=1S/C6H13N3O2/c1-3-5(10)8-4(2)6(11)9-7/h4H,3,7H2,1-2H3,(H,8,10)(H,9,11). The Balaban J connectivity index is 3.77. The van der Waals surface area contributed by atoms with Crippen LogP contribution in [0.3, 0.4) is 0 Å². The summed E-state index contributed by atoms with van der Waals surface area (Å²) in [5, 5.41) is 2.45. The Morgan fingerprint density at radius 2 is 2.09 bits per heavy atom. The van der Waals surface area contributed by atoms with Gasteiger partial charge < -0.3 is 5.32 Å². The molecule has 0 aliphatic heterocycles. The Kier molecular flexibility index (Phi) is 4.21. The van der Waals surface area contributed by atoms with E-state index < -0.39 is 11.9 Å². The van der Waals surface area contributed by atoms with Gasteiger partial charge in [-0.1, -0.05) is 6.92 Å². The zero-order chi connectivity index (χ0) is 8.85. The van der Waals surface area contributed by atoms with E-state index in [0.29, 0.717) is 6.42 Å². The predicted octanol–water partition coefficient (Wildman–Crippen LogP) is -1.11. The number of hydrogen-bond acceptors (Lipinski definition) is 3. The zero-order valence-corrected chi connectivity index (χ0v) is 6.68. The van der Waals surface area contributed by atoms with Gasteiger partial charge in [-0.05, 0) is 6.92 Å². The molecular weight excluding hydrogens is 146 g/mol. The first-order valence-corrected chi connectivity index (χ1v) is 3.41. The van der Waals surface area contributed by atoms with Gasteiger partial charge in [0.05, 0.1) is 0 Å². The molecule has 5 heteroatoms. The molecule has 1 atom stereocenters. The molecule has 0 heterocycles. The number of hydrazine groups is 1. The highest BCUT2D eigenvalue weighted by atomic mass is 16.2. The quantitative estimate of drug-likeness (QED) is 0.277. The van der Waals surface area contributed by atoms with E-state index in [2.05, 4.69) is 5.32 Å². The highest BCUT2D eigenvalue weighted by Crippen LogP contribution is 1.82. The number of rotatable bonds is 3. The molecule has 0 spiro atoms. The molecule has 0 aliphatic rings. The summed E-state index contributed by atoms with van der Waals surface area (Å²) in [6, 6.07) is -0.563. The summed E-state index contributed by atoms with van der Waals surface area (Å²) in [6.07, 6.45) is 0.363. The van der Waals surface area contributed by atoms with Crippen LogP contribution in [0.4, 0.5) is 0 Å². The van der Waals surface area contributed by atoms with E-state index in [0.717, 1.165) is 0 Å². The Morgan fingerprint density at radius 3 is 2.45 bits per heavy atom. The molecule has 11 heavy (non-hydrogen) atoms. The number of amides is 2. The molecule has 2 amide bonds. The second kappa shape index (κ2) is 4.68. The van der Waals surface area contributed by atoms with Crippen LogP contribution in [0.1, 0.15) is 20.3 Å². The van der Waals surface area contributed by atoms with Crippen molar-refractivity contribution in [3.05, 3.63) is 0 Å². The number of hydrogen-bond donors (Lipinski definition) is 3. The van der Waals surface area contributed by atoms with Crippen molar-refractivity contribution >= 4 is 11.8 Å². The fourth-order valence-electron chi connectivity index (χ4n) is 0.534. The average molecular weight is 159 g/mol. The van der Waals surface area contributed by atoms with Crippen LogP contribution in [0, 0.1) is 0 Å². The second-order valence-electron chi connectivity index (χ2n) is 2.15. The normalized spacial score (nSPS) is 11.9. The van der Waals surface area contributed by atoms with Crippen molar-refractivity contribution in [3.8, 4) is 0 Å². The largest absolute Gasteiger partial charge is 0.345 e. The molecule has 0 saturated carbocycles. The summed E-state index contributed by atoms with van der Waals surface area (Å²) >= 11 is 0. The Hall–Kier alpha value is -1.10. The number of carbonyl (C=O) groups excluding carboxylic acids is 2. The third-order valence-electron chi connectivity index (χ3n) is 1.23. The van der Waals surface area contributed by atoms with Crippen molar-refractivity contribution < 1.29 is 9.59 Å². The highest BCUT2D eigenvalue weighted by molar-refractivity contribution is 5.86. The first-order valence-electron chi connectivity index (χ1n) is 3.41. The number of nitrogens with two attached hydrogens (primary N) is 1. The van der Waals surface area contributed by atoms with Crippen LogP contribution in [0.5, 0.6) is 0 Å². The first-order chi connectivity index (χ1) is 5.11. The summed E-state index contributed by atoms with van der Waals surface area (Å²) < 4.78 is 0. The molecule has 64 valence electrons. The van der Waals surface area contributed by atoms with Crippen molar-refractivity contribution in [2.75, 3.05) is 0 Å². The predicted molar refractivity (Wildman–Crippen MR) is 40.2 cm³/mol. The minimum absolute atomic E-state index is 0.166.